The maximum atomic E-state index is 13.4. The van der Waals surface area contributed by atoms with Crippen molar-refractivity contribution in [2.24, 2.45) is 0 Å². The molecule has 0 saturated heterocycles. The lowest BCUT2D eigenvalue weighted by Gasteiger charge is -2.07. The summed E-state index contributed by atoms with van der Waals surface area (Å²) in [5, 5.41) is 0. The molecule has 0 aliphatic rings. The van der Waals surface area contributed by atoms with Crippen LogP contribution in [-0.4, -0.2) is 11.5 Å². The average Bonchev–Trinajstić information content (AvgIpc) is 2.41. The number of halogens is 1. The smallest absolute Gasteiger partial charge is 0.136 e. The highest BCUT2D eigenvalue weighted by Gasteiger charge is 2.04. The number of thioether (sulfide) groups is 2. The number of benzene rings is 2. The maximum absolute atomic E-state index is 13.4. The van der Waals surface area contributed by atoms with Crippen LogP contribution in [0.2, 0.25) is 0 Å². The number of para-hydroxylation sites is 1. The fourth-order valence-electron chi connectivity index (χ4n) is 1.64. The molecule has 0 fully saturated rings. The van der Waals surface area contributed by atoms with Crippen LogP contribution in [0.15, 0.2) is 52.3 Å². The third kappa shape index (κ3) is 3.91. The molecule has 0 spiro atoms. The van der Waals surface area contributed by atoms with Crippen LogP contribution in [0.5, 0.6) is 0 Å². The van der Waals surface area contributed by atoms with E-state index in [1.54, 1.807) is 17.8 Å². The highest BCUT2D eigenvalue weighted by Crippen LogP contribution is 2.29. The van der Waals surface area contributed by atoms with Crippen LogP contribution in [0.3, 0.4) is 0 Å². The first-order valence-electron chi connectivity index (χ1n) is 6.03. The molecule has 0 amide bonds. The normalized spacial score (nSPS) is 10.6. The summed E-state index contributed by atoms with van der Waals surface area (Å²) in [6.45, 7) is 2.01. The molecule has 0 atom stereocenters. The van der Waals surface area contributed by atoms with Gasteiger partial charge in [0.15, 0.2) is 0 Å². The van der Waals surface area contributed by atoms with Gasteiger partial charge in [0.2, 0.25) is 0 Å². The molecule has 19 heavy (non-hydrogen) atoms. The van der Waals surface area contributed by atoms with Crippen molar-refractivity contribution < 1.29 is 4.39 Å². The third-order valence-electron chi connectivity index (χ3n) is 2.72. The standard InChI is InChI=1S/C15H16FNS2/c1-11-5-4-8-14(15(11)17)19-10-9-18-13-7-3-2-6-12(13)16/h2-8H,9-10,17H2,1H3. The van der Waals surface area contributed by atoms with E-state index in [1.807, 2.05) is 37.3 Å². The van der Waals surface area contributed by atoms with Crippen molar-refractivity contribution in [3.63, 3.8) is 0 Å². The molecule has 2 aromatic rings. The minimum atomic E-state index is -0.146. The Bertz CT molecular complexity index is 558. The summed E-state index contributed by atoms with van der Waals surface area (Å²) in [7, 11) is 0. The van der Waals surface area contributed by atoms with Gasteiger partial charge in [0.1, 0.15) is 5.82 Å². The molecule has 4 heteroatoms. The zero-order valence-electron chi connectivity index (χ0n) is 10.7. The van der Waals surface area contributed by atoms with Crippen LogP contribution in [0.1, 0.15) is 5.56 Å². The lowest BCUT2D eigenvalue weighted by atomic mass is 10.2. The molecule has 0 bridgehead atoms. The van der Waals surface area contributed by atoms with Crippen LogP contribution < -0.4 is 5.73 Å². The summed E-state index contributed by atoms with van der Waals surface area (Å²) >= 11 is 3.26. The number of hydrogen-bond acceptors (Lipinski definition) is 3. The average molecular weight is 293 g/mol. The summed E-state index contributed by atoms with van der Waals surface area (Å²) in [6.07, 6.45) is 0. The minimum absolute atomic E-state index is 0.146. The molecule has 1 nitrogen and oxygen atoms in total. The van der Waals surface area contributed by atoms with Gasteiger partial charge in [0.25, 0.3) is 0 Å². The molecule has 2 rings (SSSR count). The van der Waals surface area contributed by atoms with Crippen molar-refractivity contribution in [2.45, 2.75) is 16.7 Å². The van der Waals surface area contributed by atoms with Crippen LogP contribution in [0, 0.1) is 12.7 Å². The summed E-state index contributed by atoms with van der Waals surface area (Å²) in [6, 6.07) is 12.9. The van der Waals surface area contributed by atoms with Crippen molar-refractivity contribution in [3.05, 3.63) is 53.8 Å². The number of anilines is 1. The summed E-state index contributed by atoms with van der Waals surface area (Å²) in [5.74, 6) is 1.62. The Hall–Kier alpha value is -1.13. The van der Waals surface area contributed by atoms with Gasteiger partial charge in [0, 0.05) is 27.0 Å². The van der Waals surface area contributed by atoms with Crippen LogP contribution in [0.4, 0.5) is 10.1 Å². The van der Waals surface area contributed by atoms with Crippen LogP contribution in [0.25, 0.3) is 0 Å². The topological polar surface area (TPSA) is 26.0 Å². The molecule has 0 aromatic heterocycles. The Kier molecular flexibility index (Phi) is 5.16. The first kappa shape index (κ1) is 14.3. The molecule has 0 heterocycles. The van der Waals surface area contributed by atoms with E-state index in [2.05, 4.69) is 0 Å². The highest BCUT2D eigenvalue weighted by molar-refractivity contribution is 8.03. The van der Waals surface area contributed by atoms with Crippen LogP contribution in [-0.2, 0) is 0 Å². The lowest BCUT2D eigenvalue weighted by molar-refractivity contribution is 0.602. The zero-order chi connectivity index (χ0) is 13.7. The van der Waals surface area contributed by atoms with Crippen molar-refractivity contribution in [3.8, 4) is 0 Å². The predicted octanol–water partition coefficient (Wildman–Crippen LogP) is 4.60. The Balaban J connectivity index is 1.84. The molecular weight excluding hydrogens is 277 g/mol. The molecule has 0 saturated carbocycles. The van der Waals surface area contributed by atoms with E-state index in [-0.39, 0.29) is 5.82 Å². The molecular formula is C15H16FNS2. The SMILES string of the molecule is Cc1cccc(SCCSc2ccccc2F)c1N. The highest BCUT2D eigenvalue weighted by atomic mass is 32.2. The summed E-state index contributed by atoms with van der Waals surface area (Å²) in [4.78, 5) is 1.81. The van der Waals surface area contributed by atoms with Gasteiger partial charge in [-0.15, -0.1) is 23.5 Å². The Labute approximate surface area is 121 Å². The number of nitrogen functional groups attached to an aromatic ring is 1. The van der Waals surface area contributed by atoms with Crippen molar-refractivity contribution in [1.29, 1.82) is 0 Å². The van der Waals surface area contributed by atoms with Crippen molar-refractivity contribution >= 4 is 29.2 Å². The van der Waals surface area contributed by atoms with E-state index in [0.717, 1.165) is 27.7 Å². The number of hydrogen-bond donors (Lipinski definition) is 1. The number of rotatable bonds is 5. The molecule has 0 aliphatic carbocycles. The van der Waals surface area contributed by atoms with Gasteiger partial charge in [0.05, 0.1) is 0 Å². The second-order valence-electron chi connectivity index (χ2n) is 4.11. The monoisotopic (exact) mass is 293 g/mol. The van der Waals surface area contributed by atoms with Gasteiger partial charge in [-0.1, -0.05) is 24.3 Å². The van der Waals surface area contributed by atoms with Gasteiger partial charge in [-0.3, -0.25) is 0 Å². The minimum Gasteiger partial charge on any atom is -0.398 e. The predicted molar refractivity (Wildman–Crippen MR) is 83.4 cm³/mol. The van der Waals surface area contributed by atoms with E-state index in [1.165, 1.54) is 17.8 Å². The quantitative estimate of drug-likeness (QED) is 0.495. The molecule has 0 aliphatic heterocycles. The molecule has 2 aromatic carbocycles. The Morgan fingerprint density at radius 1 is 0.947 bits per heavy atom. The number of aryl methyl sites for hydroxylation is 1. The van der Waals surface area contributed by atoms with E-state index in [9.17, 15) is 4.39 Å². The Morgan fingerprint density at radius 3 is 2.32 bits per heavy atom. The fraction of sp³-hybridized carbons (Fsp3) is 0.200. The van der Waals surface area contributed by atoms with E-state index in [0.29, 0.717) is 4.90 Å². The first-order chi connectivity index (χ1) is 9.18. The van der Waals surface area contributed by atoms with E-state index < -0.39 is 0 Å². The van der Waals surface area contributed by atoms with E-state index >= 15 is 0 Å². The van der Waals surface area contributed by atoms with E-state index in [4.69, 9.17) is 5.73 Å². The lowest BCUT2D eigenvalue weighted by Crippen LogP contribution is -1.93. The van der Waals surface area contributed by atoms with Gasteiger partial charge in [-0.2, -0.15) is 0 Å². The second kappa shape index (κ2) is 6.87. The maximum Gasteiger partial charge on any atom is 0.136 e. The summed E-state index contributed by atoms with van der Waals surface area (Å²) < 4.78 is 13.4. The molecule has 0 unspecified atom stereocenters. The van der Waals surface area contributed by atoms with Gasteiger partial charge in [-0.05, 0) is 30.7 Å². The first-order valence-corrected chi connectivity index (χ1v) is 8.01. The zero-order valence-corrected chi connectivity index (χ0v) is 12.4. The van der Waals surface area contributed by atoms with Gasteiger partial charge >= 0.3 is 0 Å². The van der Waals surface area contributed by atoms with Gasteiger partial charge in [-0.25, -0.2) is 4.39 Å². The molecule has 0 radical (unpaired) electrons. The molecule has 100 valence electrons. The second-order valence-corrected chi connectivity index (χ2v) is 6.39. The van der Waals surface area contributed by atoms with Crippen molar-refractivity contribution in [2.75, 3.05) is 17.2 Å². The third-order valence-corrected chi connectivity index (χ3v) is 5.10. The van der Waals surface area contributed by atoms with Crippen molar-refractivity contribution in [1.82, 2.24) is 0 Å². The van der Waals surface area contributed by atoms with Gasteiger partial charge < -0.3 is 5.73 Å². The fourth-order valence-corrected chi connectivity index (χ4v) is 3.62. The summed E-state index contributed by atoms with van der Waals surface area (Å²) in [5.41, 5.74) is 7.97. The largest absolute Gasteiger partial charge is 0.398 e. The molecule has 2 N–H and O–H groups in total. The van der Waals surface area contributed by atoms with Crippen LogP contribution >= 0.6 is 23.5 Å². The Morgan fingerprint density at radius 2 is 1.58 bits per heavy atom. The number of nitrogens with two attached hydrogens (primary N) is 1.